The van der Waals surface area contributed by atoms with Crippen molar-refractivity contribution in [3.8, 4) is 12.1 Å². The van der Waals surface area contributed by atoms with Gasteiger partial charge in [-0.1, -0.05) is 90.4 Å². The van der Waals surface area contributed by atoms with E-state index < -0.39 is 0 Å². The van der Waals surface area contributed by atoms with Crippen molar-refractivity contribution in [2.45, 2.75) is 103 Å². The van der Waals surface area contributed by atoms with E-state index in [2.05, 4.69) is 19.1 Å². The molecule has 138 valence electrons. The Balaban J connectivity index is 1.89. The van der Waals surface area contributed by atoms with E-state index in [1.807, 2.05) is 6.07 Å². The summed E-state index contributed by atoms with van der Waals surface area (Å²) >= 11 is 1.49. The van der Waals surface area contributed by atoms with Gasteiger partial charge in [-0.15, -0.1) is 11.3 Å². The topological polar surface area (TPSA) is 47.6 Å². The zero-order valence-electron chi connectivity index (χ0n) is 16.0. The molecule has 0 unspecified atom stereocenters. The molecule has 1 rings (SSSR count). The Morgan fingerprint density at radius 3 is 1.60 bits per heavy atom. The molecule has 1 heterocycles. The highest BCUT2D eigenvalue weighted by Crippen LogP contribution is 2.23. The fourth-order valence-corrected chi connectivity index (χ4v) is 4.17. The summed E-state index contributed by atoms with van der Waals surface area (Å²) in [6.07, 6.45) is 20.2. The van der Waals surface area contributed by atoms with Crippen LogP contribution in [0.2, 0.25) is 0 Å². The predicted molar refractivity (Wildman–Crippen MR) is 108 cm³/mol. The zero-order chi connectivity index (χ0) is 18.2. The van der Waals surface area contributed by atoms with Crippen LogP contribution in [0, 0.1) is 22.7 Å². The minimum atomic E-state index is 0.549. The second-order valence-electron chi connectivity index (χ2n) is 7.03. The van der Waals surface area contributed by atoms with Crippen molar-refractivity contribution < 1.29 is 0 Å². The Labute approximate surface area is 158 Å². The van der Waals surface area contributed by atoms with Gasteiger partial charge < -0.3 is 0 Å². The second kappa shape index (κ2) is 15.0. The largest absolute Gasteiger partial charge is 0.192 e. The summed E-state index contributed by atoms with van der Waals surface area (Å²) < 4.78 is 0. The monoisotopic (exact) mass is 358 g/mol. The summed E-state index contributed by atoms with van der Waals surface area (Å²) in [7, 11) is 0. The van der Waals surface area contributed by atoms with Crippen molar-refractivity contribution in [2.75, 3.05) is 0 Å². The Hall–Kier alpha value is -1.32. The van der Waals surface area contributed by atoms with Crippen molar-refractivity contribution in [2.24, 2.45) is 0 Å². The molecule has 0 amide bonds. The normalized spacial score (nSPS) is 10.5. The molecule has 0 aliphatic rings. The van der Waals surface area contributed by atoms with Gasteiger partial charge >= 0.3 is 0 Å². The highest BCUT2D eigenvalue weighted by atomic mass is 32.1. The number of hydrogen-bond donors (Lipinski definition) is 0. The summed E-state index contributed by atoms with van der Waals surface area (Å²) in [6.45, 7) is 2.28. The number of unbranched alkanes of at least 4 members (excludes halogenated alkanes) is 13. The molecule has 0 saturated heterocycles. The summed E-state index contributed by atoms with van der Waals surface area (Å²) in [5, 5.41) is 17.9. The molecular formula is C22H34N2S. The highest BCUT2D eigenvalue weighted by molar-refractivity contribution is 7.12. The number of nitriles is 2. The van der Waals surface area contributed by atoms with Gasteiger partial charge in [0.2, 0.25) is 0 Å². The van der Waals surface area contributed by atoms with Gasteiger partial charge in [0, 0.05) is 4.88 Å². The average Bonchev–Trinajstić information content (AvgIpc) is 3.04. The molecule has 1 aromatic heterocycles. The van der Waals surface area contributed by atoms with E-state index >= 15 is 0 Å². The third kappa shape index (κ3) is 10.3. The SMILES string of the molecule is CCCCCCCCCCCCCCCCc1cc(C#N)c(C#N)s1. The maximum atomic E-state index is 8.97. The first kappa shape index (κ1) is 21.7. The van der Waals surface area contributed by atoms with E-state index in [-0.39, 0.29) is 0 Å². The van der Waals surface area contributed by atoms with Gasteiger partial charge in [0.15, 0.2) is 0 Å². The minimum absolute atomic E-state index is 0.549. The van der Waals surface area contributed by atoms with Crippen molar-refractivity contribution >= 4 is 11.3 Å². The van der Waals surface area contributed by atoms with Crippen LogP contribution in [0.4, 0.5) is 0 Å². The Bertz CT molecular complexity index is 502. The van der Waals surface area contributed by atoms with Gasteiger partial charge in [0.05, 0.1) is 5.56 Å². The van der Waals surface area contributed by atoms with E-state index in [1.54, 1.807) is 0 Å². The molecular weight excluding hydrogens is 324 g/mol. The van der Waals surface area contributed by atoms with Crippen LogP contribution in [0.1, 0.15) is 112 Å². The lowest BCUT2D eigenvalue weighted by Crippen LogP contribution is -1.84. The van der Waals surface area contributed by atoms with Crippen LogP contribution in [0.5, 0.6) is 0 Å². The maximum Gasteiger partial charge on any atom is 0.122 e. The fourth-order valence-electron chi connectivity index (χ4n) is 3.23. The smallest absolute Gasteiger partial charge is 0.122 e. The quantitative estimate of drug-likeness (QED) is 0.304. The molecule has 3 heteroatoms. The van der Waals surface area contributed by atoms with Crippen molar-refractivity contribution in [1.29, 1.82) is 10.5 Å². The summed E-state index contributed by atoms with van der Waals surface area (Å²) in [5.41, 5.74) is 0.549. The molecule has 0 aliphatic carbocycles. The molecule has 1 aromatic rings. The molecule has 25 heavy (non-hydrogen) atoms. The van der Waals surface area contributed by atoms with E-state index in [0.29, 0.717) is 10.4 Å². The van der Waals surface area contributed by atoms with Gasteiger partial charge in [0.1, 0.15) is 17.0 Å². The van der Waals surface area contributed by atoms with Gasteiger partial charge in [-0.25, -0.2) is 0 Å². The standard InChI is InChI=1S/C22H34N2S/c1-2-3-4-5-6-7-8-9-10-11-12-13-14-15-16-21-17-20(18-23)22(19-24)25-21/h17H,2-16H2,1H3. The fraction of sp³-hybridized carbons (Fsp3) is 0.727. The van der Waals surface area contributed by atoms with Crippen LogP contribution in [0.15, 0.2) is 6.07 Å². The number of hydrogen-bond acceptors (Lipinski definition) is 3. The zero-order valence-corrected chi connectivity index (χ0v) is 16.8. The maximum absolute atomic E-state index is 8.97. The number of aryl methyl sites for hydroxylation is 1. The molecule has 0 saturated carbocycles. The Kier molecular flexibility index (Phi) is 13.0. The second-order valence-corrected chi connectivity index (χ2v) is 8.16. The number of nitrogens with zero attached hydrogens (tertiary/aromatic N) is 2. The predicted octanol–water partition coefficient (Wildman–Crippen LogP) is 7.52. The molecule has 0 aromatic carbocycles. The first-order valence-corrected chi connectivity index (χ1v) is 11.1. The van der Waals surface area contributed by atoms with Gasteiger partial charge in [-0.05, 0) is 18.9 Å². The molecule has 0 atom stereocenters. The molecule has 0 fully saturated rings. The van der Waals surface area contributed by atoms with Crippen LogP contribution >= 0.6 is 11.3 Å². The Morgan fingerprint density at radius 1 is 0.720 bits per heavy atom. The average molecular weight is 359 g/mol. The van der Waals surface area contributed by atoms with Gasteiger partial charge in [0.25, 0.3) is 0 Å². The molecule has 0 aliphatic heterocycles. The summed E-state index contributed by atoms with van der Waals surface area (Å²) in [6, 6.07) is 6.12. The molecule has 0 radical (unpaired) electrons. The van der Waals surface area contributed by atoms with Crippen LogP contribution in [-0.4, -0.2) is 0 Å². The van der Waals surface area contributed by atoms with Crippen LogP contribution in [-0.2, 0) is 6.42 Å². The van der Waals surface area contributed by atoms with Crippen molar-refractivity contribution in [3.05, 3.63) is 21.4 Å². The Morgan fingerprint density at radius 2 is 1.20 bits per heavy atom. The minimum Gasteiger partial charge on any atom is -0.192 e. The summed E-state index contributed by atoms with van der Waals surface area (Å²) in [4.78, 5) is 1.76. The highest BCUT2D eigenvalue weighted by Gasteiger charge is 2.07. The number of thiophene rings is 1. The van der Waals surface area contributed by atoms with Crippen molar-refractivity contribution in [3.63, 3.8) is 0 Å². The van der Waals surface area contributed by atoms with Gasteiger partial charge in [-0.3, -0.25) is 0 Å². The first-order chi connectivity index (χ1) is 12.3. The van der Waals surface area contributed by atoms with Crippen LogP contribution in [0.3, 0.4) is 0 Å². The third-order valence-corrected chi connectivity index (χ3v) is 5.88. The summed E-state index contributed by atoms with van der Waals surface area (Å²) in [5.74, 6) is 0. The first-order valence-electron chi connectivity index (χ1n) is 10.2. The van der Waals surface area contributed by atoms with E-state index in [4.69, 9.17) is 10.5 Å². The lowest BCUT2D eigenvalue weighted by Gasteiger charge is -2.03. The van der Waals surface area contributed by atoms with Crippen molar-refractivity contribution in [1.82, 2.24) is 0 Å². The van der Waals surface area contributed by atoms with E-state index in [0.717, 1.165) is 6.42 Å². The molecule has 0 N–H and O–H groups in total. The molecule has 0 bridgehead atoms. The lowest BCUT2D eigenvalue weighted by atomic mass is 10.0. The van der Waals surface area contributed by atoms with Crippen LogP contribution < -0.4 is 0 Å². The number of rotatable bonds is 15. The molecule has 2 nitrogen and oxygen atoms in total. The van der Waals surface area contributed by atoms with E-state index in [9.17, 15) is 0 Å². The molecule has 0 spiro atoms. The third-order valence-electron chi connectivity index (χ3n) is 4.78. The lowest BCUT2D eigenvalue weighted by molar-refractivity contribution is 0.536. The van der Waals surface area contributed by atoms with Crippen LogP contribution in [0.25, 0.3) is 0 Å². The van der Waals surface area contributed by atoms with Gasteiger partial charge in [-0.2, -0.15) is 10.5 Å². The van der Waals surface area contributed by atoms with E-state index in [1.165, 1.54) is 106 Å².